The Hall–Kier alpha value is -2.63. The van der Waals surface area contributed by atoms with Crippen LogP contribution >= 0.6 is 23.4 Å². The largest absolute Gasteiger partial charge is 0.308 e. The van der Waals surface area contributed by atoms with Crippen LogP contribution < -0.4 is 4.90 Å². The Balaban J connectivity index is 1.62. The van der Waals surface area contributed by atoms with Gasteiger partial charge in [-0.2, -0.15) is 0 Å². The SMILES string of the molecule is Cc1ccc2c(c1)SC1=NC3=C(C(=O)CC(C)(C)C3)C(c3cc4ccccc4nc3Cl)N12. The summed E-state index contributed by atoms with van der Waals surface area (Å²) in [5.74, 6) is 0.152. The van der Waals surface area contributed by atoms with E-state index in [9.17, 15) is 4.79 Å². The van der Waals surface area contributed by atoms with Crippen molar-refractivity contribution in [3.8, 4) is 0 Å². The summed E-state index contributed by atoms with van der Waals surface area (Å²) in [4.78, 5) is 26.6. The Bertz CT molecular complexity index is 1390. The van der Waals surface area contributed by atoms with Gasteiger partial charge in [0, 0.05) is 27.8 Å². The second-order valence-electron chi connectivity index (χ2n) is 9.60. The summed E-state index contributed by atoms with van der Waals surface area (Å²) in [6.07, 6.45) is 1.28. The van der Waals surface area contributed by atoms with Gasteiger partial charge in [0.25, 0.3) is 0 Å². The number of para-hydroxylation sites is 1. The first kappa shape index (κ1) is 20.0. The number of amidine groups is 1. The quantitative estimate of drug-likeness (QED) is 0.373. The molecule has 1 unspecified atom stereocenters. The zero-order valence-corrected chi connectivity index (χ0v) is 19.7. The first-order chi connectivity index (χ1) is 15.3. The highest BCUT2D eigenvalue weighted by Gasteiger charge is 2.46. The maximum atomic E-state index is 13.5. The number of hydrogen-bond donors (Lipinski definition) is 0. The molecule has 0 N–H and O–H groups in total. The van der Waals surface area contributed by atoms with Crippen molar-refractivity contribution in [3.63, 3.8) is 0 Å². The summed E-state index contributed by atoms with van der Waals surface area (Å²) in [7, 11) is 0. The number of rotatable bonds is 1. The fraction of sp³-hybridized carbons (Fsp3) is 0.269. The smallest absolute Gasteiger partial charge is 0.174 e. The fourth-order valence-electron chi connectivity index (χ4n) is 5.03. The van der Waals surface area contributed by atoms with Gasteiger partial charge >= 0.3 is 0 Å². The van der Waals surface area contributed by atoms with Crippen molar-refractivity contribution in [2.75, 3.05) is 4.90 Å². The highest BCUT2D eigenvalue weighted by molar-refractivity contribution is 8.14. The molecule has 2 aromatic carbocycles. The van der Waals surface area contributed by atoms with Gasteiger partial charge in [-0.3, -0.25) is 4.79 Å². The van der Waals surface area contributed by atoms with E-state index in [1.807, 2.05) is 24.3 Å². The highest BCUT2D eigenvalue weighted by Crippen LogP contribution is 2.54. The van der Waals surface area contributed by atoms with Crippen molar-refractivity contribution in [2.45, 2.75) is 44.6 Å². The minimum atomic E-state index is -0.331. The first-order valence-corrected chi connectivity index (χ1v) is 12.0. The molecule has 32 heavy (non-hydrogen) atoms. The summed E-state index contributed by atoms with van der Waals surface area (Å²) >= 11 is 8.46. The molecule has 3 aromatic rings. The molecular formula is C26H22ClN3OS. The summed E-state index contributed by atoms with van der Waals surface area (Å²) in [6.45, 7) is 6.37. The number of fused-ring (bicyclic) bond motifs is 4. The topological polar surface area (TPSA) is 45.6 Å². The van der Waals surface area contributed by atoms with Gasteiger partial charge in [0.05, 0.1) is 22.9 Å². The first-order valence-electron chi connectivity index (χ1n) is 10.8. The number of allylic oxidation sites excluding steroid dienone is 1. The Kier molecular flexibility index (Phi) is 4.33. The number of ketones is 1. The van der Waals surface area contributed by atoms with E-state index < -0.39 is 0 Å². The highest BCUT2D eigenvalue weighted by atomic mass is 35.5. The Labute approximate surface area is 196 Å². The summed E-state index contributed by atoms with van der Waals surface area (Å²) < 4.78 is 0. The number of thioether (sulfide) groups is 1. The molecule has 1 aliphatic carbocycles. The van der Waals surface area contributed by atoms with Crippen LogP contribution in [0, 0.1) is 12.3 Å². The number of aromatic nitrogens is 1. The lowest BCUT2D eigenvalue weighted by Crippen LogP contribution is -2.40. The fourth-order valence-corrected chi connectivity index (χ4v) is 6.45. The van der Waals surface area contributed by atoms with Crippen LogP contribution in [0.25, 0.3) is 10.9 Å². The molecule has 0 amide bonds. The molecule has 0 fully saturated rings. The van der Waals surface area contributed by atoms with Gasteiger partial charge in [0.15, 0.2) is 11.0 Å². The molecule has 6 heteroatoms. The number of Topliss-reactive ketones (excluding diaryl/α,β-unsaturated/α-hetero) is 1. The molecule has 0 bridgehead atoms. The van der Waals surface area contributed by atoms with E-state index in [-0.39, 0.29) is 17.2 Å². The standard InChI is InChI=1S/C26H22ClN3OS/c1-14-8-9-19-21(10-14)32-25-29-18-12-26(2,3)13-20(31)22(18)23(30(19)25)16-11-15-6-4-5-7-17(15)28-24(16)27/h4-11,23H,12-13H2,1-3H3. The maximum Gasteiger partial charge on any atom is 0.174 e. The summed E-state index contributed by atoms with van der Waals surface area (Å²) in [6, 6.07) is 16.1. The Morgan fingerprint density at radius 2 is 1.94 bits per heavy atom. The number of nitrogens with zero attached hydrogens (tertiary/aromatic N) is 3. The van der Waals surface area contributed by atoms with Crippen molar-refractivity contribution in [1.29, 1.82) is 0 Å². The van der Waals surface area contributed by atoms with Crippen molar-refractivity contribution < 1.29 is 4.79 Å². The number of carbonyl (C=O) groups is 1. The van der Waals surface area contributed by atoms with Crippen LogP contribution in [0.15, 0.2) is 69.7 Å². The minimum Gasteiger partial charge on any atom is -0.308 e. The van der Waals surface area contributed by atoms with Crippen LogP contribution in [0.2, 0.25) is 5.15 Å². The van der Waals surface area contributed by atoms with E-state index in [1.54, 1.807) is 11.8 Å². The Morgan fingerprint density at radius 3 is 2.78 bits per heavy atom. The molecule has 1 aromatic heterocycles. The lowest BCUT2D eigenvalue weighted by molar-refractivity contribution is -0.118. The van der Waals surface area contributed by atoms with E-state index in [4.69, 9.17) is 16.6 Å². The molecule has 6 rings (SSSR count). The molecule has 0 saturated carbocycles. The number of benzene rings is 2. The molecule has 1 atom stereocenters. The number of hydrogen-bond acceptors (Lipinski definition) is 5. The lowest BCUT2D eigenvalue weighted by Gasteiger charge is -2.40. The molecule has 160 valence electrons. The van der Waals surface area contributed by atoms with E-state index in [0.717, 1.165) is 49.9 Å². The van der Waals surface area contributed by atoms with Crippen molar-refractivity contribution in [2.24, 2.45) is 10.4 Å². The van der Waals surface area contributed by atoms with Gasteiger partial charge in [-0.05, 0) is 60.4 Å². The molecule has 4 nitrogen and oxygen atoms in total. The second kappa shape index (κ2) is 6.93. The third kappa shape index (κ3) is 3.02. The van der Waals surface area contributed by atoms with Crippen LogP contribution in [0.3, 0.4) is 0 Å². The van der Waals surface area contributed by atoms with Crippen molar-refractivity contribution in [3.05, 3.63) is 76.1 Å². The second-order valence-corrected chi connectivity index (χ2v) is 11.0. The van der Waals surface area contributed by atoms with E-state index in [2.05, 4.69) is 54.9 Å². The monoisotopic (exact) mass is 459 g/mol. The Morgan fingerprint density at radius 1 is 1.12 bits per heavy atom. The number of carbonyl (C=O) groups excluding carboxylic acids is 1. The molecule has 0 saturated heterocycles. The van der Waals surface area contributed by atoms with Gasteiger partial charge in [0.1, 0.15) is 5.15 Å². The summed E-state index contributed by atoms with van der Waals surface area (Å²) in [5, 5.41) is 2.35. The molecule has 0 radical (unpaired) electrons. The number of halogens is 1. The molecule has 0 spiro atoms. The van der Waals surface area contributed by atoms with Crippen molar-refractivity contribution in [1.82, 2.24) is 4.98 Å². The van der Waals surface area contributed by atoms with Gasteiger partial charge < -0.3 is 4.90 Å². The number of aryl methyl sites for hydroxylation is 1. The van der Waals surface area contributed by atoms with Crippen LogP contribution in [0.1, 0.15) is 43.9 Å². The summed E-state index contributed by atoms with van der Waals surface area (Å²) in [5.41, 5.74) is 5.52. The van der Waals surface area contributed by atoms with Crippen LogP contribution in [0.5, 0.6) is 0 Å². The van der Waals surface area contributed by atoms with E-state index in [0.29, 0.717) is 11.6 Å². The molecule has 3 heterocycles. The van der Waals surface area contributed by atoms with Crippen LogP contribution in [0.4, 0.5) is 5.69 Å². The third-order valence-electron chi connectivity index (χ3n) is 6.44. The van der Waals surface area contributed by atoms with Gasteiger partial charge in [-0.1, -0.05) is 49.7 Å². The minimum absolute atomic E-state index is 0.106. The molecule has 3 aliphatic rings. The van der Waals surface area contributed by atoms with E-state index >= 15 is 0 Å². The molecule has 2 aliphatic heterocycles. The number of aliphatic imine (C=N–C) groups is 1. The van der Waals surface area contributed by atoms with E-state index in [1.165, 1.54) is 5.56 Å². The van der Waals surface area contributed by atoms with Crippen LogP contribution in [-0.4, -0.2) is 15.9 Å². The predicted octanol–water partition coefficient (Wildman–Crippen LogP) is 6.86. The lowest BCUT2D eigenvalue weighted by atomic mass is 9.73. The average molecular weight is 460 g/mol. The maximum absolute atomic E-state index is 13.5. The predicted molar refractivity (Wildman–Crippen MR) is 131 cm³/mol. The van der Waals surface area contributed by atoms with Gasteiger partial charge in [-0.15, -0.1) is 0 Å². The number of anilines is 1. The zero-order valence-electron chi connectivity index (χ0n) is 18.1. The van der Waals surface area contributed by atoms with Crippen molar-refractivity contribution >= 4 is 50.9 Å². The normalized spacial score (nSPS) is 21.4. The average Bonchev–Trinajstić information content (AvgIpc) is 3.07. The third-order valence-corrected chi connectivity index (χ3v) is 7.76. The number of pyridine rings is 1. The van der Waals surface area contributed by atoms with Crippen LogP contribution in [-0.2, 0) is 4.79 Å². The molecular weight excluding hydrogens is 438 g/mol. The van der Waals surface area contributed by atoms with Gasteiger partial charge in [0.2, 0.25) is 0 Å². The van der Waals surface area contributed by atoms with Gasteiger partial charge in [-0.25, -0.2) is 9.98 Å². The zero-order chi connectivity index (χ0) is 22.2.